The highest BCUT2D eigenvalue weighted by atomic mass is 32.2. The third-order valence-electron chi connectivity index (χ3n) is 4.53. The first-order valence-corrected chi connectivity index (χ1v) is 12.9. The highest BCUT2D eigenvalue weighted by Gasteiger charge is 2.23. The zero-order valence-electron chi connectivity index (χ0n) is 17.9. The topological polar surface area (TPSA) is 119 Å². The molecule has 170 valence electrons. The van der Waals surface area contributed by atoms with Crippen molar-refractivity contribution in [3.05, 3.63) is 48.0 Å². The zero-order valence-corrected chi connectivity index (χ0v) is 19.6. The van der Waals surface area contributed by atoms with Gasteiger partial charge in [0.15, 0.2) is 21.3 Å². The number of nitrogens with one attached hydrogen (secondary N) is 1. The van der Waals surface area contributed by atoms with Gasteiger partial charge in [0, 0.05) is 12.3 Å². The lowest BCUT2D eigenvalue weighted by Crippen LogP contribution is -2.41. The number of sulfone groups is 1. The quantitative estimate of drug-likeness (QED) is 0.593. The van der Waals surface area contributed by atoms with Crippen LogP contribution in [0.3, 0.4) is 0 Å². The molecule has 2 rings (SSSR count). The van der Waals surface area contributed by atoms with Crippen LogP contribution in [0.2, 0.25) is 0 Å². The van der Waals surface area contributed by atoms with Gasteiger partial charge in [-0.25, -0.2) is 16.8 Å². The van der Waals surface area contributed by atoms with E-state index in [9.17, 15) is 21.6 Å². The number of anilines is 1. The fraction of sp³-hybridized carbons (Fsp3) is 0.350. The van der Waals surface area contributed by atoms with Gasteiger partial charge in [-0.15, -0.1) is 0 Å². The van der Waals surface area contributed by atoms with Crippen molar-refractivity contribution in [2.75, 3.05) is 37.6 Å². The third kappa shape index (κ3) is 6.34. The first-order chi connectivity index (χ1) is 14.4. The van der Waals surface area contributed by atoms with Gasteiger partial charge in [-0.2, -0.15) is 0 Å². The minimum Gasteiger partial charge on any atom is -0.493 e. The van der Waals surface area contributed by atoms with Crippen molar-refractivity contribution in [3.8, 4) is 11.5 Å². The van der Waals surface area contributed by atoms with E-state index in [-0.39, 0.29) is 10.6 Å². The van der Waals surface area contributed by atoms with E-state index in [1.54, 1.807) is 25.1 Å². The molecule has 0 saturated heterocycles. The maximum absolute atomic E-state index is 12.6. The maximum Gasteiger partial charge on any atom is 0.241 e. The molecule has 0 spiro atoms. The molecule has 1 atom stereocenters. The molecule has 31 heavy (non-hydrogen) atoms. The molecule has 0 fully saturated rings. The Labute approximate surface area is 182 Å². The van der Waals surface area contributed by atoms with Gasteiger partial charge in [-0.1, -0.05) is 12.1 Å². The summed E-state index contributed by atoms with van der Waals surface area (Å²) >= 11 is 0. The standard InChI is InChI=1S/C20H26N2O7S2/c1-14(15-6-9-17(10-7-15)30(4,24)25)21-20(23)13-22(31(5,26)27)16-8-11-18(28-2)19(12-16)29-3/h6-12,14H,13H2,1-5H3,(H,21,23)/t14-/m1/s1. The molecule has 0 radical (unpaired) electrons. The first kappa shape index (κ1) is 24.5. The molecule has 1 N–H and O–H groups in total. The van der Waals surface area contributed by atoms with Crippen molar-refractivity contribution in [1.82, 2.24) is 5.32 Å². The molecule has 0 aliphatic rings. The molecule has 0 aromatic heterocycles. The van der Waals surface area contributed by atoms with E-state index in [0.717, 1.165) is 16.8 Å². The number of sulfonamides is 1. The number of hydrogen-bond acceptors (Lipinski definition) is 7. The number of carbonyl (C=O) groups excluding carboxylic acids is 1. The first-order valence-electron chi connectivity index (χ1n) is 9.16. The Morgan fingerprint density at radius 1 is 0.968 bits per heavy atom. The van der Waals surface area contributed by atoms with Gasteiger partial charge in [0.2, 0.25) is 15.9 Å². The van der Waals surface area contributed by atoms with E-state index >= 15 is 0 Å². The van der Waals surface area contributed by atoms with E-state index in [1.807, 2.05) is 0 Å². The average molecular weight is 471 g/mol. The predicted molar refractivity (Wildman–Crippen MR) is 118 cm³/mol. The van der Waals surface area contributed by atoms with Crippen molar-refractivity contribution in [2.45, 2.75) is 17.9 Å². The molecule has 2 aromatic carbocycles. The SMILES string of the molecule is COc1ccc(N(CC(=O)N[C@H](C)c2ccc(S(C)(=O)=O)cc2)S(C)(=O)=O)cc1OC. The molecular weight excluding hydrogens is 444 g/mol. The Kier molecular flexibility index (Phi) is 7.55. The summed E-state index contributed by atoms with van der Waals surface area (Å²) < 4.78 is 59.1. The summed E-state index contributed by atoms with van der Waals surface area (Å²) in [5, 5.41) is 2.73. The normalized spacial score (nSPS) is 12.7. The monoisotopic (exact) mass is 470 g/mol. The number of rotatable bonds is 9. The highest BCUT2D eigenvalue weighted by molar-refractivity contribution is 7.92. The Morgan fingerprint density at radius 3 is 2.03 bits per heavy atom. The van der Waals surface area contributed by atoms with Crippen molar-refractivity contribution in [3.63, 3.8) is 0 Å². The third-order valence-corrected chi connectivity index (χ3v) is 6.80. The molecular formula is C20H26N2O7S2. The summed E-state index contributed by atoms with van der Waals surface area (Å²) in [4.78, 5) is 12.8. The second-order valence-electron chi connectivity index (χ2n) is 6.94. The summed E-state index contributed by atoms with van der Waals surface area (Å²) in [6.07, 6.45) is 2.12. The van der Waals surface area contributed by atoms with Gasteiger partial charge in [0.1, 0.15) is 6.54 Å². The fourth-order valence-electron chi connectivity index (χ4n) is 2.88. The molecule has 0 heterocycles. The van der Waals surface area contributed by atoms with Crippen molar-refractivity contribution >= 4 is 31.5 Å². The van der Waals surface area contributed by atoms with Crippen molar-refractivity contribution in [2.24, 2.45) is 0 Å². The van der Waals surface area contributed by atoms with Crippen LogP contribution in [0.4, 0.5) is 5.69 Å². The summed E-state index contributed by atoms with van der Waals surface area (Å²) in [7, 11) is -4.20. The van der Waals surface area contributed by atoms with Crippen LogP contribution in [-0.4, -0.2) is 56.0 Å². The van der Waals surface area contributed by atoms with E-state index in [0.29, 0.717) is 17.1 Å². The van der Waals surface area contributed by atoms with Gasteiger partial charge < -0.3 is 14.8 Å². The second-order valence-corrected chi connectivity index (χ2v) is 10.9. The molecule has 9 nitrogen and oxygen atoms in total. The molecule has 1 amide bonds. The van der Waals surface area contributed by atoms with Crippen LogP contribution >= 0.6 is 0 Å². The summed E-state index contributed by atoms with van der Waals surface area (Å²) in [6, 6.07) is 10.2. The van der Waals surface area contributed by atoms with E-state index in [4.69, 9.17) is 9.47 Å². The largest absolute Gasteiger partial charge is 0.493 e. The van der Waals surface area contributed by atoms with Crippen LogP contribution in [0.1, 0.15) is 18.5 Å². The Bertz CT molecular complexity index is 1140. The minimum absolute atomic E-state index is 0.173. The minimum atomic E-state index is -3.77. The molecule has 2 aromatic rings. The van der Waals surface area contributed by atoms with Crippen LogP contribution in [0.15, 0.2) is 47.4 Å². The van der Waals surface area contributed by atoms with E-state index in [1.165, 1.54) is 38.5 Å². The molecule has 0 aliphatic carbocycles. The molecule has 11 heteroatoms. The second kappa shape index (κ2) is 9.56. The lowest BCUT2D eigenvalue weighted by atomic mass is 10.1. The number of carbonyl (C=O) groups is 1. The maximum atomic E-state index is 12.6. The lowest BCUT2D eigenvalue weighted by molar-refractivity contribution is -0.120. The number of amides is 1. The smallest absolute Gasteiger partial charge is 0.241 e. The average Bonchev–Trinajstić information content (AvgIpc) is 2.70. The number of hydrogen-bond donors (Lipinski definition) is 1. The highest BCUT2D eigenvalue weighted by Crippen LogP contribution is 2.32. The van der Waals surface area contributed by atoms with Gasteiger partial charge in [0.25, 0.3) is 0 Å². The van der Waals surface area contributed by atoms with Crippen LogP contribution < -0.4 is 19.1 Å². The van der Waals surface area contributed by atoms with E-state index < -0.39 is 38.4 Å². The molecule has 0 unspecified atom stereocenters. The predicted octanol–water partition coefficient (Wildman–Crippen LogP) is 1.75. The van der Waals surface area contributed by atoms with Gasteiger partial charge >= 0.3 is 0 Å². The Balaban J connectivity index is 2.20. The number of methoxy groups -OCH3 is 2. The molecule has 0 saturated carbocycles. The van der Waals surface area contributed by atoms with Crippen LogP contribution in [0, 0.1) is 0 Å². The summed E-state index contributed by atoms with van der Waals surface area (Å²) in [5.74, 6) is 0.226. The molecule has 0 aliphatic heterocycles. The number of nitrogens with zero attached hydrogens (tertiary/aromatic N) is 1. The van der Waals surface area contributed by atoms with Crippen molar-refractivity contribution < 1.29 is 31.1 Å². The van der Waals surface area contributed by atoms with Crippen molar-refractivity contribution in [1.29, 1.82) is 0 Å². The number of ether oxygens (including phenoxy) is 2. The lowest BCUT2D eigenvalue weighted by Gasteiger charge is -2.24. The van der Waals surface area contributed by atoms with Gasteiger partial charge in [0.05, 0.1) is 37.1 Å². The molecule has 0 bridgehead atoms. The summed E-state index contributed by atoms with van der Waals surface area (Å²) in [6.45, 7) is 1.27. The number of benzene rings is 2. The van der Waals surface area contributed by atoms with Crippen LogP contribution in [0.25, 0.3) is 0 Å². The summed E-state index contributed by atoms with van der Waals surface area (Å²) in [5.41, 5.74) is 0.929. The van der Waals surface area contributed by atoms with Crippen LogP contribution in [0.5, 0.6) is 11.5 Å². The fourth-order valence-corrected chi connectivity index (χ4v) is 4.36. The van der Waals surface area contributed by atoms with Gasteiger partial charge in [-0.05, 0) is 36.8 Å². The van der Waals surface area contributed by atoms with E-state index in [2.05, 4.69) is 5.32 Å². The Morgan fingerprint density at radius 2 is 1.55 bits per heavy atom. The Hall–Kier alpha value is -2.79. The van der Waals surface area contributed by atoms with Crippen LogP contribution in [-0.2, 0) is 24.7 Å². The zero-order chi connectivity index (χ0) is 23.4. The van der Waals surface area contributed by atoms with Gasteiger partial charge in [-0.3, -0.25) is 9.10 Å².